The third kappa shape index (κ3) is 2.43. The molecule has 0 spiro atoms. The molecule has 1 aromatic carbocycles. The standard InChI is InChI=1S/C14H14N2O6S2/c1-15(2)24(20,21)13-8-7-10(22-13)9-16-14(17)11-5-3-4-6-12(11)23(16,18)19/h3-8H,9H2,1-2H3. The summed E-state index contributed by atoms with van der Waals surface area (Å²) in [5.41, 5.74) is 0.0881. The fourth-order valence-electron chi connectivity index (χ4n) is 2.29. The second kappa shape index (κ2) is 5.43. The van der Waals surface area contributed by atoms with Crippen molar-refractivity contribution in [3.63, 3.8) is 0 Å². The van der Waals surface area contributed by atoms with Gasteiger partial charge in [-0.3, -0.25) is 4.79 Å². The highest BCUT2D eigenvalue weighted by Gasteiger charge is 2.41. The van der Waals surface area contributed by atoms with Gasteiger partial charge in [-0.2, -0.15) is 0 Å². The van der Waals surface area contributed by atoms with Crippen molar-refractivity contribution >= 4 is 26.0 Å². The van der Waals surface area contributed by atoms with E-state index in [1.165, 1.54) is 44.4 Å². The Labute approximate surface area is 139 Å². The van der Waals surface area contributed by atoms with Gasteiger partial charge in [0.25, 0.3) is 26.0 Å². The third-order valence-corrected chi connectivity index (χ3v) is 7.06. The Bertz CT molecular complexity index is 1020. The lowest BCUT2D eigenvalue weighted by molar-refractivity contribution is 0.0857. The summed E-state index contributed by atoms with van der Waals surface area (Å²) in [4.78, 5) is 12.2. The lowest BCUT2D eigenvalue weighted by Gasteiger charge is -2.13. The molecule has 8 nitrogen and oxygen atoms in total. The van der Waals surface area contributed by atoms with Crippen LogP contribution >= 0.6 is 0 Å². The lowest BCUT2D eigenvalue weighted by atomic mass is 10.2. The summed E-state index contributed by atoms with van der Waals surface area (Å²) in [5.74, 6) is -0.612. The molecule has 10 heteroatoms. The first-order valence-corrected chi connectivity index (χ1v) is 9.71. The van der Waals surface area contributed by atoms with E-state index >= 15 is 0 Å². The molecule has 128 valence electrons. The van der Waals surface area contributed by atoms with E-state index in [0.717, 1.165) is 4.31 Å². The third-order valence-electron chi connectivity index (χ3n) is 3.58. The molecule has 0 radical (unpaired) electrons. The van der Waals surface area contributed by atoms with E-state index in [1.807, 2.05) is 0 Å². The predicted octanol–water partition coefficient (Wildman–Crippen LogP) is 0.875. The van der Waals surface area contributed by atoms with Crippen molar-refractivity contribution in [2.24, 2.45) is 0 Å². The van der Waals surface area contributed by atoms with E-state index in [1.54, 1.807) is 6.07 Å². The maximum Gasteiger partial charge on any atom is 0.275 e. The highest BCUT2D eigenvalue weighted by molar-refractivity contribution is 7.90. The largest absolute Gasteiger partial charge is 0.446 e. The van der Waals surface area contributed by atoms with Gasteiger partial charge in [0.2, 0.25) is 5.09 Å². The summed E-state index contributed by atoms with van der Waals surface area (Å²) < 4.78 is 55.7. The summed E-state index contributed by atoms with van der Waals surface area (Å²) in [6, 6.07) is 8.45. The molecule has 0 N–H and O–H groups in total. The minimum absolute atomic E-state index is 0.0557. The number of benzene rings is 1. The van der Waals surface area contributed by atoms with Crippen LogP contribution in [0.3, 0.4) is 0 Å². The molecule has 0 bridgehead atoms. The van der Waals surface area contributed by atoms with Gasteiger partial charge < -0.3 is 4.42 Å². The van der Waals surface area contributed by atoms with E-state index in [9.17, 15) is 21.6 Å². The first-order valence-electron chi connectivity index (χ1n) is 6.83. The van der Waals surface area contributed by atoms with Crippen LogP contribution < -0.4 is 0 Å². The average molecular weight is 370 g/mol. The van der Waals surface area contributed by atoms with Gasteiger partial charge >= 0.3 is 0 Å². The summed E-state index contributed by atoms with van der Waals surface area (Å²) >= 11 is 0. The molecular weight excluding hydrogens is 356 g/mol. The van der Waals surface area contributed by atoms with Gasteiger partial charge in [0.05, 0.1) is 12.1 Å². The van der Waals surface area contributed by atoms with Crippen LogP contribution in [0.15, 0.2) is 50.8 Å². The Morgan fingerprint density at radius 1 is 1.12 bits per heavy atom. The molecule has 0 aliphatic carbocycles. The SMILES string of the molecule is CN(C)S(=O)(=O)c1ccc(CN2C(=O)c3ccccc3S2(=O)=O)o1. The Balaban J connectivity index is 1.94. The van der Waals surface area contributed by atoms with Crippen LogP contribution in [0, 0.1) is 0 Å². The molecule has 0 saturated heterocycles. The number of fused-ring (bicyclic) bond motifs is 1. The lowest BCUT2D eigenvalue weighted by Crippen LogP contribution is -2.29. The summed E-state index contributed by atoms with van der Waals surface area (Å²) in [5, 5.41) is -0.316. The minimum atomic E-state index is -3.97. The topological polar surface area (TPSA) is 105 Å². The van der Waals surface area contributed by atoms with E-state index < -0.39 is 26.0 Å². The Morgan fingerprint density at radius 2 is 1.79 bits per heavy atom. The van der Waals surface area contributed by atoms with Gasteiger partial charge in [-0.05, 0) is 24.3 Å². The monoisotopic (exact) mass is 370 g/mol. The zero-order chi connectivity index (χ0) is 17.7. The van der Waals surface area contributed by atoms with E-state index in [4.69, 9.17) is 4.42 Å². The number of furan rings is 1. The number of carbonyl (C=O) groups is 1. The number of sulfonamides is 2. The van der Waals surface area contributed by atoms with Crippen molar-refractivity contribution in [3.05, 3.63) is 47.7 Å². The molecule has 1 aromatic heterocycles. The van der Waals surface area contributed by atoms with Crippen LogP contribution in [0.25, 0.3) is 0 Å². The molecular formula is C14H14N2O6S2. The maximum atomic E-state index is 12.4. The fraction of sp³-hybridized carbons (Fsp3) is 0.214. The van der Waals surface area contributed by atoms with Crippen molar-refractivity contribution in [2.75, 3.05) is 14.1 Å². The van der Waals surface area contributed by atoms with E-state index in [-0.39, 0.29) is 27.9 Å². The van der Waals surface area contributed by atoms with Gasteiger partial charge in [-0.15, -0.1) is 0 Å². The van der Waals surface area contributed by atoms with Crippen LogP contribution in [0.1, 0.15) is 16.1 Å². The van der Waals surface area contributed by atoms with Gasteiger partial charge in [-0.1, -0.05) is 12.1 Å². The Morgan fingerprint density at radius 3 is 2.42 bits per heavy atom. The number of hydrogen-bond acceptors (Lipinski definition) is 6. The predicted molar refractivity (Wildman–Crippen MR) is 83.1 cm³/mol. The van der Waals surface area contributed by atoms with Gasteiger partial charge in [0.1, 0.15) is 10.7 Å². The van der Waals surface area contributed by atoms with Crippen LogP contribution in [0.5, 0.6) is 0 Å². The number of nitrogens with zero attached hydrogens (tertiary/aromatic N) is 2. The highest BCUT2D eigenvalue weighted by Crippen LogP contribution is 2.31. The van der Waals surface area contributed by atoms with Gasteiger partial charge in [0.15, 0.2) is 0 Å². The molecule has 0 unspecified atom stereocenters. The van der Waals surface area contributed by atoms with Crippen molar-refractivity contribution in [2.45, 2.75) is 16.5 Å². The maximum absolute atomic E-state index is 12.4. The molecule has 0 saturated carbocycles. The Kier molecular flexibility index (Phi) is 3.78. The molecule has 24 heavy (non-hydrogen) atoms. The molecule has 2 aromatic rings. The van der Waals surface area contributed by atoms with Crippen LogP contribution in [-0.4, -0.2) is 45.4 Å². The smallest absolute Gasteiger partial charge is 0.275 e. The molecule has 1 aliphatic heterocycles. The van der Waals surface area contributed by atoms with Crippen LogP contribution in [0.4, 0.5) is 0 Å². The zero-order valence-electron chi connectivity index (χ0n) is 12.8. The number of amides is 1. The number of carbonyl (C=O) groups excluding carboxylic acids is 1. The average Bonchev–Trinajstić information content (AvgIpc) is 3.07. The van der Waals surface area contributed by atoms with Gasteiger partial charge in [0, 0.05) is 14.1 Å². The van der Waals surface area contributed by atoms with Crippen molar-refractivity contribution < 1.29 is 26.0 Å². The normalized spacial score (nSPS) is 16.6. The second-order valence-corrected chi connectivity index (χ2v) is 9.23. The van der Waals surface area contributed by atoms with Crippen molar-refractivity contribution in [1.29, 1.82) is 0 Å². The van der Waals surface area contributed by atoms with Crippen molar-refractivity contribution in [1.82, 2.24) is 8.61 Å². The first-order chi connectivity index (χ1) is 11.2. The molecule has 1 amide bonds. The number of hydrogen-bond donors (Lipinski definition) is 0. The van der Waals surface area contributed by atoms with E-state index in [0.29, 0.717) is 4.31 Å². The Hall–Kier alpha value is -2.17. The van der Waals surface area contributed by atoms with Crippen LogP contribution in [0.2, 0.25) is 0 Å². The molecule has 0 fully saturated rings. The quantitative estimate of drug-likeness (QED) is 0.791. The van der Waals surface area contributed by atoms with Crippen molar-refractivity contribution in [3.8, 4) is 0 Å². The zero-order valence-corrected chi connectivity index (χ0v) is 14.5. The first kappa shape index (κ1) is 16.7. The highest BCUT2D eigenvalue weighted by atomic mass is 32.2. The minimum Gasteiger partial charge on any atom is -0.446 e. The second-order valence-electron chi connectivity index (χ2n) is 5.32. The summed E-state index contributed by atoms with van der Waals surface area (Å²) in [6.45, 7) is -0.376. The van der Waals surface area contributed by atoms with E-state index in [2.05, 4.69) is 0 Å². The molecule has 2 heterocycles. The fourth-order valence-corrected chi connectivity index (χ4v) is 4.64. The number of rotatable bonds is 4. The summed E-state index contributed by atoms with van der Waals surface area (Å²) in [6.07, 6.45) is 0. The van der Waals surface area contributed by atoms with Gasteiger partial charge in [-0.25, -0.2) is 25.4 Å². The molecule has 1 aliphatic rings. The summed E-state index contributed by atoms with van der Waals surface area (Å²) in [7, 11) is -5.04. The molecule has 0 atom stereocenters. The van der Waals surface area contributed by atoms with Crippen LogP contribution in [-0.2, 0) is 26.6 Å². The molecule has 3 rings (SSSR count).